The fraction of sp³-hybridized carbons (Fsp3) is 0.462. The van der Waals surface area contributed by atoms with E-state index in [0.29, 0.717) is 0 Å². The summed E-state index contributed by atoms with van der Waals surface area (Å²) in [7, 11) is 0. The highest BCUT2D eigenvalue weighted by Crippen LogP contribution is 2.13. The molecule has 0 amide bonds. The van der Waals surface area contributed by atoms with Crippen molar-refractivity contribution in [3.05, 3.63) is 34.9 Å². The third-order valence-corrected chi connectivity index (χ3v) is 3.77. The Bertz CT molecular complexity index is 399. The molecule has 0 saturated heterocycles. The average Bonchev–Trinajstić information content (AvgIpc) is 2.32. The molecule has 1 aromatic carbocycles. The predicted octanol–water partition coefficient (Wildman–Crippen LogP) is 2.89. The van der Waals surface area contributed by atoms with Crippen LogP contribution < -0.4 is 5.32 Å². The van der Waals surface area contributed by atoms with Crippen molar-refractivity contribution in [2.75, 3.05) is 12.3 Å². The molecule has 16 heavy (non-hydrogen) atoms. The maximum atomic E-state index is 4.47. The Morgan fingerprint density at radius 2 is 2.25 bits per heavy atom. The lowest BCUT2D eigenvalue weighted by molar-refractivity contribution is 0.875. The van der Waals surface area contributed by atoms with Crippen molar-refractivity contribution >= 4 is 16.9 Å². The maximum absolute atomic E-state index is 4.47. The Balaban J connectivity index is 1.98. The van der Waals surface area contributed by atoms with Crippen molar-refractivity contribution in [1.29, 1.82) is 0 Å². The number of amidine groups is 1. The van der Waals surface area contributed by atoms with Crippen molar-refractivity contribution < 1.29 is 0 Å². The van der Waals surface area contributed by atoms with Gasteiger partial charge in [0.2, 0.25) is 0 Å². The quantitative estimate of drug-likeness (QED) is 0.851. The number of aryl methyl sites for hydroxylation is 2. The molecular weight excluding hydrogens is 216 g/mol. The summed E-state index contributed by atoms with van der Waals surface area (Å²) in [5.74, 6) is 1.19. The molecule has 1 aliphatic heterocycles. The predicted molar refractivity (Wildman–Crippen MR) is 72.1 cm³/mol. The van der Waals surface area contributed by atoms with Crippen LogP contribution in [-0.4, -0.2) is 17.5 Å². The smallest absolute Gasteiger partial charge is 0.156 e. The molecule has 86 valence electrons. The summed E-state index contributed by atoms with van der Waals surface area (Å²) in [4.78, 5) is 4.47. The first-order chi connectivity index (χ1) is 7.75. The third-order valence-electron chi connectivity index (χ3n) is 2.73. The Labute approximate surface area is 102 Å². The number of aliphatic imine (C=N–C) groups is 1. The molecule has 2 rings (SSSR count). The number of nitrogens with one attached hydrogen (secondary N) is 1. The minimum absolute atomic E-state index is 0.888. The molecule has 2 nitrogen and oxygen atoms in total. The molecule has 0 aliphatic carbocycles. The molecule has 1 aliphatic rings. The Morgan fingerprint density at radius 3 is 3.00 bits per heavy atom. The van der Waals surface area contributed by atoms with E-state index in [1.807, 2.05) is 11.8 Å². The summed E-state index contributed by atoms with van der Waals surface area (Å²) in [5.41, 5.74) is 4.04. The van der Waals surface area contributed by atoms with Crippen LogP contribution in [0.25, 0.3) is 0 Å². The van der Waals surface area contributed by atoms with Gasteiger partial charge in [-0.2, -0.15) is 0 Å². The van der Waals surface area contributed by atoms with Crippen molar-refractivity contribution in [3.63, 3.8) is 0 Å². The number of rotatable bonds is 2. The third kappa shape index (κ3) is 3.01. The monoisotopic (exact) mass is 234 g/mol. The standard InChI is InChI=1S/C13H18N2S/c1-10-4-5-11(2)12(8-10)9-15-13-14-6-3-7-16-13/h4-5,8H,3,6-7,9H2,1-2H3,(H,14,15). The molecule has 0 fully saturated rings. The summed E-state index contributed by atoms with van der Waals surface area (Å²) in [5, 5.41) is 4.52. The lowest BCUT2D eigenvalue weighted by Crippen LogP contribution is -2.23. The topological polar surface area (TPSA) is 24.4 Å². The molecule has 0 aromatic heterocycles. The highest BCUT2D eigenvalue weighted by Gasteiger charge is 2.05. The van der Waals surface area contributed by atoms with Crippen molar-refractivity contribution in [2.24, 2.45) is 4.99 Å². The van der Waals surface area contributed by atoms with Gasteiger partial charge in [0.15, 0.2) is 5.17 Å². The molecule has 1 aromatic rings. The number of benzene rings is 1. The first kappa shape index (κ1) is 11.5. The van der Waals surface area contributed by atoms with Gasteiger partial charge in [-0.3, -0.25) is 4.99 Å². The highest BCUT2D eigenvalue weighted by molar-refractivity contribution is 8.13. The van der Waals surface area contributed by atoms with Gasteiger partial charge in [0.05, 0.1) is 0 Å². The van der Waals surface area contributed by atoms with Gasteiger partial charge < -0.3 is 5.32 Å². The Morgan fingerprint density at radius 1 is 1.38 bits per heavy atom. The van der Waals surface area contributed by atoms with Crippen molar-refractivity contribution in [1.82, 2.24) is 5.32 Å². The van der Waals surface area contributed by atoms with Crippen LogP contribution in [0.15, 0.2) is 23.2 Å². The SMILES string of the molecule is Cc1ccc(C)c(CNC2=NCCCS2)c1. The Kier molecular flexibility index (Phi) is 3.88. The summed E-state index contributed by atoms with van der Waals surface area (Å²) in [6, 6.07) is 6.59. The van der Waals surface area contributed by atoms with Gasteiger partial charge in [-0.25, -0.2) is 0 Å². The van der Waals surface area contributed by atoms with Gasteiger partial charge in [-0.05, 0) is 31.4 Å². The van der Waals surface area contributed by atoms with Crippen LogP contribution in [0.5, 0.6) is 0 Å². The molecule has 0 atom stereocenters. The Hall–Kier alpha value is -0.960. The van der Waals surface area contributed by atoms with Crippen LogP contribution in [0.3, 0.4) is 0 Å². The molecule has 1 N–H and O–H groups in total. The minimum atomic E-state index is 0.888. The summed E-state index contributed by atoms with van der Waals surface area (Å²) in [6.45, 7) is 6.16. The van der Waals surface area contributed by atoms with Gasteiger partial charge in [-0.1, -0.05) is 35.5 Å². The van der Waals surface area contributed by atoms with E-state index in [0.717, 1.165) is 18.3 Å². The van der Waals surface area contributed by atoms with Gasteiger partial charge in [-0.15, -0.1) is 0 Å². The van der Waals surface area contributed by atoms with Crippen LogP contribution in [-0.2, 0) is 6.54 Å². The average molecular weight is 234 g/mol. The molecule has 0 radical (unpaired) electrons. The molecule has 0 bridgehead atoms. The van der Waals surface area contributed by atoms with Gasteiger partial charge in [0.1, 0.15) is 0 Å². The lowest BCUT2D eigenvalue weighted by Gasteiger charge is -2.14. The van der Waals surface area contributed by atoms with E-state index in [9.17, 15) is 0 Å². The van der Waals surface area contributed by atoms with E-state index in [4.69, 9.17) is 0 Å². The lowest BCUT2D eigenvalue weighted by atomic mass is 10.1. The highest BCUT2D eigenvalue weighted by atomic mass is 32.2. The van der Waals surface area contributed by atoms with Crippen LogP contribution in [0.1, 0.15) is 23.1 Å². The van der Waals surface area contributed by atoms with E-state index in [-0.39, 0.29) is 0 Å². The van der Waals surface area contributed by atoms with Crippen LogP contribution in [0, 0.1) is 13.8 Å². The van der Waals surface area contributed by atoms with Crippen molar-refractivity contribution in [2.45, 2.75) is 26.8 Å². The normalized spacial score (nSPS) is 15.8. The van der Waals surface area contributed by atoms with E-state index in [1.165, 1.54) is 28.9 Å². The second-order valence-electron chi connectivity index (χ2n) is 4.17. The first-order valence-electron chi connectivity index (χ1n) is 5.73. The van der Waals surface area contributed by atoms with Gasteiger partial charge in [0.25, 0.3) is 0 Å². The van der Waals surface area contributed by atoms with Crippen LogP contribution >= 0.6 is 11.8 Å². The summed E-state index contributed by atoms with van der Waals surface area (Å²) in [6.07, 6.45) is 1.21. The number of nitrogens with zero attached hydrogens (tertiary/aromatic N) is 1. The number of thioether (sulfide) groups is 1. The van der Waals surface area contributed by atoms with Crippen LogP contribution in [0.2, 0.25) is 0 Å². The summed E-state index contributed by atoms with van der Waals surface area (Å²) >= 11 is 1.83. The number of hydrogen-bond acceptors (Lipinski definition) is 3. The maximum Gasteiger partial charge on any atom is 0.156 e. The molecule has 0 spiro atoms. The minimum Gasteiger partial charge on any atom is -0.361 e. The van der Waals surface area contributed by atoms with E-state index >= 15 is 0 Å². The second-order valence-corrected chi connectivity index (χ2v) is 5.26. The van der Waals surface area contributed by atoms with Gasteiger partial charge >= 0.3 is 0 Å². The largest absolute Gasteiger partial charge is 0.361 e. The molecule has 3 heteroatoms. The fourth-order valence-electron chi connectivity index (χ4n) is 1.73. The zero-order valence-electron chi connectivity index (χ0n) is 9.92. The van der Waals surface area contributed by atoms with Crippen LogP contribution in [0.4, 0.5) is 0 Å². The second kappa shape index (κ2) is 5.39. The molecule has 0 saturated carbocycles. The van der Waals surface area contributed by atoms with Gasteiger partial charge in [0, 0.05) is 18.8 Å². The molecule has 1 heterocycles. The first-order valence-corrected chi connectivity index (χ1v) is 6.71. The summed E-state index contributed by atoms with van der Waals surface area (Å²) < 4.78 is 0. The van der Waals surface area contributed by atoms with Crippen molar-refractivity contribution in [3.8, 4) is 0 Å². The molecule has 0 unspecified atom stereocenters. The fourth-order valence-corrected chi connectivity index (χ4v) is 2.55. The number of hydrogen-bond donors (Lipinski definition) is 1. The molecular formula is C13H18N2S. The zero-order valence-corrected chi connectivity index (χ0v) is 10.7. The zero-order chi connectivity index (χ0) is 11.4. The van der Waals surface area contributed by atoms with E-state index in [2.05, 4.69) is 42.4 Å². The van der Waals surface area contributed by atoms with E-state index < -0.39 is 0 Å². The van der Waals surface area contributed by atoms with E-state index in [1.54, 1.807) is 0 Å².